The fourth-order valence-electron chi connectivity index (χ4n) is 6.11. The Kier molecular flexibility index (Phi) is 21.7. The molecule has 0 bridgehead atoms. The van der Waals surface area contributed by atoms with Crippen LogP contribution in [0.15, 0.2) is 67.0 Å². The van der Waals surface area contributed by atoms with Gasteiger partial charge in [0.15, 0.2) is 23.9 Å². The molecule has 0 radical (unpaired) electrons. The van der Waals surface area contributed by atoms with Gasteiger partial charge >= 0.3 is 0 Å². The highest BCUT2D eigenvalue weighted by Crippen LogP contribution is 2.30. The van der Waals surface area contributed by atoms with Gasteiger partial charge < -0.3 is 43.1 Å². The van der Waals surface area contributed by atoms with Crippen molar-refractivity contribution in [2.45, 2.75) is 130 Å². The highest BCUT2D eigenvalue weighted by atomic mass is 127. The van der Waals surface area contributed by atoms with Gasteiger partial charge in [0, 0.05) is 24.6 Å². The second-order valence-corrected chi connectivity index (χ2v) is 12.7. The molecule has 0 aliphatic rings. The first kappa shape index (κ1) is 41.4. The van der Waals surface area contributed by atoms with E-state index in [0.29, 0.717) is 36.8 Å². The highest BCUT2D eigenvalue weighted by Gasteiger charge is 2.22. The van der Waals surface area contributed by atoms with Crippen LogP contribution in [-0.2, 0) is 19.6 Å². The summed E-state index contributed by atoms with van der Waals surface area (Å²) in [6.07, 6.45) is 24.0. The Morgan fingerprint density at radius 2 is 1.25 bits per heavy atom. The lowest BCUT2D eigenvalue weighted by molar-refractivity contribution is -0.697. The maximum atomic E-state index is 13.9. The molecule has 3 aromatic rings. The van der Waals surface area contributed by atoms with E-state index >= 15 is 0 Å². The lowest BCUT2D eigenvalue weighted by atomic mass is 10.0. The largest absolute Gasteiger partial charge is 1.00 e. The number of carbonyl (C=O) groups excluding carboxylic acids is 1. The Labute approximate surface area is 308 Å². The summed E-state index contributed by atoms with van der Waals surface area (Å²) in [6, 6.07) is 17.5. The summed E-state index contributed by atoms with van der Waals surface area (Å²) in [4.78, 5) is 15.8. The van der Waals surface area contributed by atoms with Crippen LogP contribution in [0.2, 0.25) is 0 Å². The van der Waals surface area contributed by atoms with E-state index in [9.17, 15) is 4.79 Å². The SMILES string of the molecule is CCCCCCCCCCCCCCCCOc1ccc(CN(Cc2ccc[n+](CCC)c2)C(=O)c2ccccc2OC)cc1OC.[I-]. The zero-order valence-corrected chi connectivity index (χ0v) is 32.3. The van der Waals surface area contributed by atoms with Crippen LogP contribution in [0.25, 0.3) is 0 Å². The molecule has 2 aromatic carbocycles. The number of methoxy groups -OCH3 is 2. The van der Waals surface area contributed by atoms with Crippen molar-refractivity contribution in [2.75, 3.05) is 20.8 Å². The molecule has 0 atom stereocenters. The van der Waals surface area contributed by atoms with Crippen LogP contribution in [-0.4, -0.2) is 31.6 Å². The number of rotatable bonds is 25. The lowest BCUT2D eigenvalue weighted by Gasteiger charge is -2.24. The molecule has 0 N–H and O–H groups in total. The number of aromatic nitrogens is 1. The van der Waals surface area contributed by atoms with Crippen molar-refractivity contribution < 1.29 is 47.5 Å². The van der Waals surface area contributed by atoms with E-state index in [0.717, 1.165) is 36.3 Å². The van der Waals surface area contributed by atoms with Gasteiger partial charge in [-0.05, 0) is 42.3 Å². The van der Waals surface area contributed by atoms with Gasteiger partial charge in [0.2, 0.25) is 0 Å². The van der Waals surface area contributed by atoms with Crippen LogP contribution in [0.3, 0.4) is 0 Å². The number of benzene rings is 2. The first-order chi connectivity index (χ1) is 23.1. The Morgan fingerprint density at radius 3 is 1.88 bits per heavy atom. The number of para-hydroxylation sites is 1. The number of carbonyl (C=O) groups is 1. The van der Waals surface area contributed by atoms with Crippen molar-refractivity contribution in [3.05, 3.63) is 83.7 Å². The molecule has 0 aliphatic carbocycles. The van der Waals surface area contributed by atoms with E-state index in [1.807, 2.05) is 53.4 Å². The summed E-state index contributed by atoms with van der Waals surface area (Å²) in [5, 5.41) is 0. The van der Waals surface area contributed by atoms with Crippen LogP contribution in [0.1, 0.15) is 132 Å². The van der Waals surface area contributed by atoms with Crippen molar-refractivity contribution in [3.63, 3.8) is 0 Å². The van der Waals surface area contributed by atoms with E-state index in [-0.39, 0.29) is 29.9 Å². The van der Waals surface area contributed by atoms with Crippen molar-refractivity contribution >= 4 is 5.91 Å². The molecule has 0 saturated carbocycles. The maximum Gasteiger partial charge on any atom is 0.258 e. The Bertz CT molecular complexity index is 1300. The molecule has 266 valence electrons. The van der Waals surface area contributed by atoms with Crippen molar-refractivity contribution in [2.24, 2.45) is 0 Å². The molecule has 6 nitrogen and oxygen atoms in total. The van der Waals surface area contributed by atoms with Gasteiger partial charge in [0.1, 0.15) is 12.3 Å². The smallest absolute Gasteiger partial charge is 0.258 e. The van der Waals surface area contributed by atoms with Crippen LogP contribution in [0.4, 0.5) is 0 Å². The minimum Gasteiger partial charge on any atom is -1.00 e. The molecule has 0 saturated heterocycles. The van der Waals surface area contributed by atoms with Gasteiger partial charge in [-0.25, -0.2) is 4.57 Å². The summed E-state index contributed by atoms with van der Waals surface area (Å²) in [7, 11) is 3.27. The Hall–Kier alpha value is -2.81. The Balaban J connectivity index is 0.00000800. The molecule has 0 unspecified atom stereocenters. The number of aryl methyl sites for hydroxylation is 1. The molecule has 3 rings (SSSR count). The van der Waals surface area contributed by atoms with Gasteiger partial charge in [0.05, 0.1) is 32.9 Å². The van der Waals surface area contributed by atoms with E-state index in [4.69, 9.17) is 14.2 Å². The van der Waals surface area contributed by atoms with Crippen LogP contribution < -0.4 is 42.8 Å². The summed E-state index contributed by atoms with van der Waals surface area (Å²) in [6.45, 7) is 6.96. The standard InChI is InChI=1S/C41H61N2O4.HI/c1-5-7-8-9-10-11-12-13-14-15-16-17-18-21-30-47-39-27-26-35(31-40(39)46-4)33-43(34-36-23-22-29-42(32-36)28-6-2)41(44)37-24-19-20-25-38(37)45-3;/h19-20,22-27,29,31-32H,5-18,21,28,30,33-34H2,1-4H3;1H/q+1;/p-1. The highest BCUT2D eigenvalue weighted by molar-refractivity contribution is 5.96. The molecule has 0 aliphatic heterocycles. The first-order valence-corrected chi connectivity index (χ1v) is 18.3. The quantitative estimate of drug-likeness (QED) is 0.0524. The molecule has 0 fully saturated rings. The maximum absolute atomic E-state index is 13.9. The number of halogens is 1. The van der Waals surface area contributed by atoms with Crippen molar-refractivity contribution in [1.82, 2.24) is 4.90 Å². The predicted octanol–water partition coefficient (Wildman–Crippen LogP) is 7.11. The summed E-state index contributed by atoms with van der Waals surface area (Å²) < 4.78 is 19.6. The average molecular weight is 773 g/mol. The molecular formula is C41H61IN2O4. The van der Waals surface area contributed by atoms with E-state index in [2.05, 4.69) is 36.9 Å². The van der Waals surface area contributed by atoms with Crippen LogP contribution in [0, 0.1) is 0 Å². The number of nitrogens with zero attached hydrogens (tertiary/aromatic N) is 2. The van der Waals surface area contributed by atoms with E-state index in [1.165, 1.54) is 83.5 Å². The third kappa shape index (κ3) is 15.2. The molecule has 1 heterocycles. The number of ether oxygens (including phenoxy) is 3. The minimum absolute atomic E-state index is 0. The number of hydrogen-bond acceptors (Lipinski definition) is 4. The normalized spacial score (nSPS) is 10.8. The molecule has 0 spiro atoms. The fraction of sp³-hybridized carbons (Fsp3) is 0.561. The van der Waals surface area contributed by atoms with Gasteiger partial charge in [0.25, 0.3) is 5.91 Å². The Morgan fingerprint density at radius 1 is 0.646 bits per heavy atom. The monoisotopic (exact) mass is 772 g/mol. The minimum atomic E-state index is -0.0783. The first-order valence-electron chi connectivity index (χ1n) is 18.3. The van der Waals surface area contributed by atoms with E-state index < -0.39 is 0 Å². The summed E-state index contributed by atoms with van der Waals surface area (Å²) >= 11 is 0. The van der Waals surface area contributed by atoms with Crippen molar-refractivity contribution in [1.29, 1.82) is 0 Å². The molecular weight excluding hydrogens is 711 g/mol. The molecule has 1 aromatic heterocycles. The zero-order valence-electron chi connectivity index (χ0n) is 30.2. The second-order valence-electron chi connectivity index (χ2n) is 12.7. The van der Waals surface area contributed by atoms with Gasteiger partial charge in [-0.2, -0.15) is 0 Å². The number of hydrogen-bond donors (Lipinski definition) is 0. The van der Waals surface area contributed by atoms with Crippen LogP contribution in [0.5, 0.6) is 17.2 Å². The van der Waals surface area contributed by atoms with Gasteiger partial charge in [-0.1, -0.05) is 116 Å². The zero-order chi connectivity index (χ0) is 33.5. The number of unbranched alkanes of at least 4 members (excludes halogenated alkanes) is 13. The molecule has 1 amide bonds. The summed E-state index contributed by atoms with van der Waals surface area (Å²) in [5.41, 5.74) is 2.60. The molecule has 7 heteroatoms. The number of pyridine rings is 1. The third-order valence-electron chi connectivity index (χ3n) is 8.76. The topological polar surface area (TPSA) is 51.9 Å². The van der Waals surface area contributed by atoms with Crippen molar-refractivity contribution in [3.8, 4) is 17.2 Å². The van der Waals surface area contributed by atoms with Gasteiger partial charge in [-0.15, -0.1) is 0 Å². The average Bonchev–Trinajstić information content (AvgIpc) is 3.10. The third-order valence-corrected chi connectivity index (χ3v) is 8.76. The molecule has 48 heavy (non-hydrogen) atoms. The number of amides is 1. The predicted molar refractivity (Wildman–Crippen MR) is 192 cm³/mol. The van der Waals surface area contributed by atoms with Crippen LogP contribution >= 0.6 is 0 Å². The van der Waals surface area contributed by atoms with E-state index in [1.54, 1.807) is 14.2 Å². The lowest BCUT2D eigenvalue weighted by Crippen LogP contribution is -3.00. The fourth-order valence-corrected chi connectivity index (χ4v) is 6.11. The van der Waals surface area contributed by atoms with Gasteiger partial charge in [-0.3, -0.25) is 4.79 Å². The summed E-state index contributed by atoms with van der Waals surface area (Å²) in [5.74, 6) is 1.93. The second kappa shape index (κ2) is 25.2.